The summed E-state index contributed by atoms with van der Waals surface area (Å²) in [5, 5.41) is 6.37. The van der Waals surface area contributed by atoms with Crippen LogP contribution in [-0.4, -0.2) is 31.4 Å². The molecule has 2 saturated heterocycles. The third kappa shape index (κ3) is 5.37. The van der Waals surface area contributed by atoms with Crippen molar-refractivity contribution in [2.45, 2.75) is 32.2 Å². The summed E-state index contributed by atoms with van der Waals surface area (Å²) < 4.78 is 0. The van der Waals surface area contributed by atoms with Gasteiger partial charge in [-0.05, 0) is 73.7 Å². The molecule has 2 aliphatic heterocycles. The molecule has 0 bridgehead atoms. The largest absolute Gasteiger partial charge is 0.348 e. The average molecular weight is 414 g/mol. The number of carbonyl (C=O) groups is 2. The van der Waals surface area contributed by atoms with E-state index in [4.69, 9.17) is 0 Å². The van der Waals surface area contributed by atoms with E-state index in [-0.39, 0.29) is 24.2 Å². The Bertz CT molecular complexity index is 830. The normalized spacial score (nSPS) is 18.6. The molecule has 6 heteroatoms. The zero-order valence-corrected chi connectivity index (χ0v) is 17.3. The number of anilines is 1. The fraction of sp³-hybridized carbons (Fsp3) is 0.391. The van der Waals surface area contributed by atoms with E-state index in [1.165, 1.54) is 12.0 Å². The van der Waals surface area contributed by atoms with Gasteiger partial charge in [0.05, 0.1) is 0 Å². The summed E-state index contributed by atoms with van der Waals surface area (Å²) in [6, 6.07) is 15.8. The van der Waals surface area contributed by atoms with Crippen molar-refractivity contribution < 1.29 is 9.59 Å². The number of nitrogens with one attached hydrogen (secondary N) is 2. The molecule has 0 spiro atoms. The van der Waals surface area contributed by atoms with Gasteiger partial charge in [0.15, 0.2) is 0 Å². The molecule has 0 saturated carbocycles. The van der Waals surface area contributed by atoms with Gasteiger partial charge in [-0.2, -0.15) is 0 Å². The van der Waals surface area contributed by atoms with Crippen molar-refractivity contribution in [3.8, 4) is 0 Å². The van der Waals surface area contributed by atoms with Crippen LogP contribution in [0.3, 0.4) is 0 Å². The molecule has 0 aliphatic carbocycles. The zero-order chi connectivity index (χ0) is 19.3. The third-order valence-corrected chi connectivity index (χ3v) is 5.68. The van der Waals surface area contributed by atoms with Crippen molar-refractivity contribution in [2.24, 2.45) is 5.92 Å². The van der Waals surface area contributed by atoms with Gasteiger partial charge in [-0.25, -0.2) is 0 Å². The maximum absolute atomic E-state index is 12.4. The molecule has 2 aliphatic rings. The quantitative estimate of drug-likeness (QED) is 0.763. The molecule has 2 amide bonds. The van der Waals surface area contributed by atoms with E-state index in [2.05, 4.69) is 22.8 Å². The Morgan fingerprint density at radius 1 is 1.07 bits per heavy atom. The van der Waals surface area contributed by atoms with E-state index in [0.29, 0.717) is 24.4 Å². The minimum absolute atomic E-state index is 0. The molecule has 154 valence electrons. The molecule has 29 heavy (non-hydrogen) atoms. The van der Waals surface area contributed by atoms with Crippen LogP contribution >= 0.6 is 12.4 Å². The molecule has 2 aromatic rings. The van der Waals surface area contributed by atoms with Crippen molar-refractivity contribution in [3.05, 3.63) is 65.2 Å². The first-order valence-electron chi connectivity index (χ1n) is 10.2. The second kappa shape index (κ2) is 9.90. The van der Waals surface area contributed by atoms with Crippen molar-refractivity contribution in [1.29, 1.82) is 0 Å². The fourth-order valence-electron chi connectivity index (χ4n) is 4.01. The van der Waals surface area contributed by atoms with Gasteiger partial charge < -0.3 is 15.5 Å². The Balaban J connectivity index is 0.00000240. The summed E-state index contributed by atoms with van der Waals surface area (Å²) in [6.07, 6.45) is 3.86. The maximum atomic E-state index is 12.4. The molecular weight excluding hydrogens is 386 g/mol. The fourth-order valence-corrected chi connectivity index (χ4v) is 4.01. The number of carbonyl (C=O) groups excluding carboxylic acids is 2. The number of amides is 2. The van der Waals surface area contributed by atoms with Crippen LogP contribution in [0.25, 0.3) is 0 Å². The van der Waals surface area contributed by atoms with Crippen LogP contribution < -0.4 is 15.5 Å². The molecule has 0 aromatic heterocycles. The molecule has 0 radical (unpaired) electrons. The van der Waals surface area contributed by atoms with E-state index >= 15 is 0 Å². The first-order valence-corrected chi connectivity index (χ1v) is 10.2. The maximum Gasteiger partial charge on any atom is 0.251 e. The number of hydrogen-bond acceptors (Lipinski definition) is 3. The van der Waals surface area contributed by atoms with Crippen LogP contribution in [-0.2, 0) is 17.8 Å². The van der Waals surface area contributed by atoms with Crippen LogP contribution in [0.4, 0.5) is 5.69 Å². The minimum Gasteiger partial charge on any atom is -0.348 e. The smallest absolute Gasteiger partial charge is 0.251 e. The topological polar surface area (TPSA) is 61.4 Å². The first-order chi connectivity index (χ1) is 13.7. The molecule has 2 aromatic carbocycles. The Morgan fingerprint density at radius 3 is 2.41 bits per heavy atom. The summed E-state index contributed by atoms with van der Waals surface area (Å²) in [5.74, 6) is 0.833. The third-order valence-electron chi connectivity index (χ3n) is 5.68. The van der Waals surface area contributed by atoms with Crippen molar-refractivity contribution in [2.75, 3.05) is 24.5 Å². The van der Waals surface area contributed by atoms with Crippen LogP contribution in [0.15, 0.2) is 48.5 Å². The number of rotatable bonds is 6. The molecule has 4 rings (SSSR count). The summed E-state index contributed by atoms with van der Waals surface area (Å²) in [5.41, 5.74) is 3.93. The highest BCUT2D eigenvalue weighted by molar-refractivity contribution is 5.95. The number of benzene rings is 2. The van der Waals surface area contributed by atoms with Gasteiger partial charge in [0.1, 0.15) is 0 Å². The Hall–Kier alpha value is -2.37. The highest BCUT2D eigenvalue weighted by Crippen LogP contribution is 2.21. The lowest BCUT2D eigenvalue weighted by atomic mass is 9.98. The van der Waals surface area contributed by atoms with Gasteiger partial charge in [0.2, 0.25) is 5.91 Å². The number of halogens is 1. The van der Waals surface area contributed by atoms with Crippen molar-refractivity contribution in [3.63, 3.8) is 0 Å². The van der Waals surface area contributed by atoms with Gasteiger partial charge >= 0.3 is 0 Å². The molecule has 2 heterocycles. The molecule has 1 unspecified atom stereocenters. The highest BCUT2D eigenvalue weighted by Gasteiger charge is 2.21. The molecule has 5 nitrogen and oxygen atoms in total. The minimum atomic E-state index is -0.0621. The van der Waals surface area contributed by atoms with Crippen LogP contribution in [0.1, 0.15) is 40.7 Å². The Kier molecular flexibility index (Phi) is 7.29. The van der Waals surface area contributed by atoms with E-state index in [9.17, 15) is 9.59 Å². The van der Waals surface area contributed by atoms with Crippen LogP contribution in [0, 0.1) is 5.92 Å². The van der Waals surface area contributed by atoms with Gasteiger partial charge in [0.25, 0.3) is 5.91 Å². The summed E-state index contributed by atoms with van der Waals surface area (Å²) in [6.45, 7) is 3.47. The van der Waals surface area contributed by atoms with Crippen LogP contribution in [0.2, 0.25) is 0 Å². The van der Waals surface area contributed by atoms with E-state index in [1.54, 1.807) is 0 Å². The monoisotopic (exact) mass is 413 g/mol. The van der Waals surface area contributed by atoms with E-state index < -0.39 is 0 Å². The van der Waals surface area contributed by atoms with Crippen LogP contribution in [0.5, 0.6) is 0 Å². The summed E-state index contributed by atoms with van der Waals surface area (Å²) in [4.78, 5) is 26.1. The Morgan fingerprint density at radius 2 is 1.79 bits per heavy atom. The average Bonchev–Trinajstić information content (AvgIpc) is 3.39. The molecular formula is C23H28ClN3O2. The van der Waals surface area contributed by atoms with Crippen molar-refractivity contribution in [1.82, 2.24) is 10.6 Å². The van der Waals surface area contributed by atoms with E-state index in [0.717, 1.165) is 43.7 Å². The van der Waals surface area contributed by atoms with Gasteiger partial charge in [-0.1, -0.05) is 24.3 Å². The Labute approximate surface area is 178 Å². The predicted molar refractivity (Wildman–Crippen MR) is 118 cm³/mol. The number of hydrogen-bond donors (Lipinski definition) is 2. The second-order valence-corrected chi connectivity index (χ2v) is 7.76. The van der Waals surface area contributed by atoms with Gasteiger partial charge in [-0.3, -0.25) is 9.59 Å². The standard InChI is InChI=1S/C23H27N3O2.ClH/c27-22-2-1-13-26(22)21-9-5-18(6-10-21)16-25-23(28)20-7-3-17(4-8-20)14-19-11-12-24-15-19;/h3-10,19,24H,1-2,11-16H2,(H,25,28);1H. The summed E-state index contributed by atoms with van der Waals surface area (Å²) in [7, 11) is 0. The highest BCUT2D eigenvalue weighted by atomic mass is 35.5. The van der Waals surface area contributed by atoms with Crippen molar-refractivity contribution >= 4 is 29.9 Å². The first kappa shape index (κ1) is 21.3. The lowest BCUT2D eigenvalue weighted by Crippen LogP contribution is -2.24. The molecule has 2 N–H and O–H groups in total. The van der Waals surface area contributed by atoms with Gasteiger partial charge in [0, 0.05) is 30.8 Å². The van der Waals surface area contributed by atoms with E-state index in [1.807, 2.05) is 41.3 Å². The SMILES string of the molecule is Cl.O=C(NCc1ccc(N2CCCC2=O)cc1)c1ccc(CC2CCNC2)cc1. The lowest BCUT2D eigenvalue weighted by molar-refractivity contribution is -0.117. The lowest BCUT2D eigenvalue weighted by Gasteiger charge is -2.16. The second-order valence-electron chi connectivity index (χ2n) is 7.76. The predicted octanol–water partition coefficient (Wildman–Crippen LogP) is 3.32. The zero-order valence-electron chi connectivity index (χ0n) is 16.5. The summed E-state index contributed by atoms with van der Waals surface area (Å²) >= 11 is 0. The van der Waals surface area contributed by atoms with Gasteiger partial charge in [-0.15, -0.1) is 12.4 Å². The molecule has 1 atom stereocenters. The molecule has 2 fully saturated rings. The number of nitrogens with zero attached hydrogens (tertiary/aromatic N) is 1.